The van der Waals surface area contributed by atoms with Crippen molar-refractivity contribution in [2.24, 2.45) is 0 Å². The Morgan fingerprint density at radius 1 is 1.16 bits per heavy atom. The highest BCUT2D eigenvalue weighted by Crippen LogP contribution is 2.30. The molecule has 0 fully saturated rings. The molecule has 0 spiro atoms. The van der Waals surface area contributed by atoms with Gasteiger partial charge in [0.15, 0.2) is 0 Å². The van der Waals surface area contributed by atoms with Gasteiger partial charge in [0, 0.05) is 5.39 Å². The van der Waals surface area contributed by atoms with E-state index in [0.29, 0.717) is 4.96 Å². The Balaban J connectivity index is 2.39. The van der Waals surface area contributed by atoms with Crippen molar-refractivity contribution in [3.8, 4) is 5.88 Å². The Hall–Kier alpha value is -2.40. The number of thiazole rings is 1. The Morgan fingerprint density at radius 3 is 2.89 bits per heavy atom. The smallest absolute Gasteiger partial charge is 0.262 e. The largest absolute Gasteiger partial charge is 0.493 e. The highest BCUT2D eigenvalue weighted by molar-refractivity contribution is 7.23. The molecular weight excluding hydrogens is 260 g/mol. The summed E-state index contributed by atoms with van der Waals surface area (Å²) in [6.45, 7) is 0. The second-order valence-corrected chi connectivity index (χ2v) is 5.32. The zero-order valence-corrected chi connectivity index (χ0v) is 10.5. The molecule has 0 aliphatic carbocycles. The minimum absolute atomic E-state index is 0.235. The maximum Gasteiger partial charge on any atom is 0.262 e. The molecule has 0 amide bonds. The highest BCUT2D eigenvalue weighted by atomic mass is 32.1. The van der Waals surface area contributed by atoms with E-state index in [1.165, 1.54) is 11.3 Å². The van der Waals surface area contributed by atoms with E-state index in [1.54, 1.807) is 4.40 Å². The van der Waals surface area contributed by atoms with Gasteiger partial charge >= 0.3 is 0 Å². The molecule has 5 heteroatoms. The van der Waals surface area contributed by atoms with Crippen molar-refractivity contribution in [3.63, 3.8) is 0 Å². The minimum atomic E-state index is -0.259. The van der Waals surface area contributed by atoms with Crippen molar-refractivity contribution in [1.29, 1.82) is 0 Å². The van der Waals surface area contributed by atoms with Crippen molar-refractivity contribution in [1.82, 2.24) is 9.38 Å². The molecule has 2 heterocycles. The van der Waals surface area contributed by atoms with E-state index in [1.807, 2.05) is 36.4 Å². The lowest BCUT2D eigenvalue weighted by molar-refractivity contribution is 0.453. The second-order valence-electron chi connectivity index (χ2n) is 4.31. The van der Waals surface area contributed by atoms with Crippen LogP contribution in [0.4, 0.5) is 0 Å². The molecule has 0 aliphatic heterocycles. The average Bonchev–Trinajstić information content (AvgIpc) is 2.77. The maximum absolute atomic E-state index is 12.1. The molecule has 4 nitrogen and oxygen atoms in total. The van der Waals surface area contributed by atoms with E-state index in [-0.39, 0.29) is 11.4 Å². The van der Waals surface area contributed by atoms with E-state index in [4.69, 9.17) is 0 Å². The molecule has 2 aromatic heterocycles. The van der Waals surface area contributed by atoms with Gasteiger partial charge in [-0.3, -0.25) is 9.20 Å². The summed E-state index contributed by atoms with van der Waals surface area (Å²) < 4.78 is 2.54. The van der Waals surface area contributed by atoms with Crippen LogP contribution in [-0.4, -0.2) is 14.5 Å². The van der Waals surface area contributed by atoms with E-state index in [2.05, 4.69) is 4.98 Å². The molecule has 0 saturated heterocycles. The van der Waals surface area contributed by atoms with Crippen LogP contribution in [0.5, 0.6) is 5.88 Å². The van der Waals surface area contributed by atoms with Gasteiger partial charge < -0.3 is 5.11 Å². The van der Waals surface area contributed by atoms with Crippen LogP contribution in [-0.2, 0) is 0 Å². The number of hydrogen-bond acceptors (Lipinski definition) is 4. The van der Waals surface area contributed by atoms with E-state index in [9.17, 15) is 9.90 Å². The maximum atomic E-state index is 12.1. The second kappa shape index (κ2) is 3.55. The summed E-state index contributed by atoms with van der Waals surface area (Å²) in [5.41, 5.74) is 0.598. The predicted octanol–water partition coefficient (Wildman–Crippen LogP) is 2.77. The molecular formula is C14H8N2O2S. The van der Waals surface area contributed by atoms with Gasteiger partial charge in [-0.1, -0.05) is 41.7 Å². The summed E-state index contributed by atoms with van der Waals surface area (Å²) in [7, 11) is 0. The van der Waals surface area contributed by atoms with Gasteiger partial charge in [0.1, 0.15) is 0 Å². The fourth-order valence-electron chi connectivity index (χ4n) is 2.37. The molecule has 0 radical (unpaired) electrons. The molecule has 0 aliphatic rings. The van der Waals surface area contributed by atoms with E-state index >= 15 is 0 Å². The number of hydrogen-bond donors (Lipinski definition) is 1. The fourth-order valence-corrected chi connectivity index (χ4v) is 3.41. The number of benzene rings is 2. The zero-order chi connectivity index (χ0) is 13.0. The normalized spacial score (nSPS) is 11.6. The average molecular weight is 268 g/mol. The number of aromatic nitrogens is 2. The first-order valence-electron chi connectivity index (χ1n) is 5.77. The molecule has 0 bridgehead atoms. The van der Waals surface area contributed by atoms with Crippen LogP contribution in [0.1, 0.15) is 0 Å². The van der Waals surface area contributed by atoms with Crippen molar-refractivity contribution in [3.05, 3.63) is 52.8 Å². The summed E-state index contributed by atoms with van der Waals surface area (Å²) >= 11 is 1.40. The quantitative estimate of drug-likeness (QED) is 0.533. The van der Waals surface area contributed by atoms with Crippen LogP contribution in [0.15, 0.2) is 47.3 Å². The first-order chi connectivity index (χ1) is 9.24. The Labute approximate surface area is 111 Å². The summed E-state index contributed by atoms with van der Waals surface area (Å²) in [5.74, 6) is -0.235. The third kappa shape index (κ3) is 1.39. The molecule has 4 rings (SSSR count). The number of fused-ring (bicyclic) bond motifs is 5. The molecule has 2 aromatic carbocycles. The van der Waals surface area contributed by atoms with Crippen LogP contribution in [0.2, 0.25) is 0 Å². The molecule has 0 saturated carbocycles. The van der Waals surface area contributed by atoms with Gasteiger partial charge in [0.05, 0.1) is 16.3 Å². The molecule has 1 N–H and O–H groups in total. The fraction of sp³-hybridized carbons (Fsp3) is 0. The molecule has 0 atom stereocenters. The van der Waals surface area contributed by atoms with Gasteiger partial charge in [0.2, 0.25) is 10.8 Å². The van der Waals surface area contributed by atoms with E-state index < -0.39 is 0 Å². The van der Waals surface area contributed by atoms with Gasteiger partial charge in [-0.25, -0.2) is 0 Å². The first-order valence-corrected chi connectivity index (χ1v) is 6.59. The van der Waals surface area contributed by atoms with Crippen LogP contribution in [0.3, 0.4) is 0 Å². The topological polar surface area (TPSA) is 54.6 Å². The summed E-state index contributed by atoms with van der Waals surface area (Å²) in [4.78, 5) is 16.6. The first kappa shape index (κ1) is 10.5. The Bertz CT molecular complexity index is 1000. The third-order valence-corrected chi connectivity index (χ3v) is 4.17. The van der Waals surface area contributed by atoms with Crippen LogP contribution >= 0.6 is 11.3 Å². The van der Waals surface area contributed by atoms with E-state index in [0.717, 1.165) is 27.1 Å². The van der Waals surface area contributed by atoms with Gasteiger partial charge in [-0.15, -0.1) is 0 Å². The lowest BCUT2D eigenvalue weighted by atomic mass is 10.1. The lowest BCUT2D eigenvalue weighted by Gasteiger charge is -2.00. The Morgan fingerprint density at radius 2 is 2.00 bits per heavy atom. The predicted molar refractivity (Wildman–Crippen MR) is 76.0 cm³/mol. The monoisotopic (exact) mass is 268 g/mol. The number of nitrogens with zero attached hydrogens (tertiary/aromatic N) is 2. The molecule has 4 aromatic rings. The summed E-state index contributed by atoms with van der Waals surface area (Å²) in [6.07, 6.45) is 0. The van der Waals surface area contributed by atoms with Crippen molar-refractivity contribution in [2.45, 2.75) is 0 Å². The van der Waals surface area contributed by atoms with Crippen LogP contribution < -0.4 is 5.56 Å². The number of aromatic hydroxyl groups is 1. The summed E-state index contributed by atoms with van der Waals surface area (Å²) in [5, 5.41) is 11.5. The number of rotatable bonds is 0. The van der Waals surface area contributed by atoms with Gasteiger partial charge in [0.25, 0.3) is 5.56 Å². The summed E-state index contributed by atoms with van der Waals surface area (Å²) in [6, 6.07) is 13.1. The zero-order valence-electron chi connectivity index (χ0n) is 9.70. The van der Waals surface area contributed by atoms with Crippen molar-refractivity contribution >= 4 is 37.3 Å². The van der Waals surface area contributed by atoms with Gasteiger partial charge in [-0.05, 0) is 11.5 Å². The minimum Gasteiger partial charge on any atom is -0.493 e. The SMILES string of the molecule is O=c1cc(O)nc2sc3ccc4ccccc4c3n12. The molecule has 0 unspecified atom stereocenters. The molecule has 19 heavy (non-hydrogen) atoms. The van der Waals surface area contributed by atoms with Crippen molar-refractivity contribution in [2.75, 3.05) is 0 Å². The van der Waals surface area contributed by atoms with Crippen molar-refractivity contribution < 1.29 is 5.11 Å². The third-order valence-electron chi connectivity index (χ3n) is 3.16. The lowest BCUT2D eigenvalue weighted by Crippen LogP contribution is -2.11. The molecule has 92 valence electrons. The van der Waals surface area contributed by atoms with Crippen LogP contribution in [0, 0.1) is 0 Å². The highest BCUT2D eigenvalue weighted by Gasteiger charge is 2.11. The Kier molecular flexibility index (Phi) is 1.97. The standard InChI is InChI=1S/C14H8N2O2S/c17-11-7-12(18)16-13-9-4-2-1-3-8(9)5-6-10(13)19-14(16)15-11/h1-7,17H. The van der Waals surface area contributed by atoms with Gasteiger partial charge in [-0.2, -0.15) is 4.98 Å². The van der Waals surface area contributed by atoms with Crippen LogP contribution in [0.25, 0.3) is 25.9 Å².